The third-order valence-electron chi connectivity index (χ3n) is 3.00. The van der Waals surface area contributed by atoms with E-state index in [0.717, 1.165) is 4.88 Å². The number of sulfonamides is 1. The van der Waals surface area contributed by atoms with Gasteiger partial charge in [-0.15, -0.1) is 11.3 Å². The molecule has 3 rings (SSSR count). The number of fused-ring (bicyclic) bond motifs is 1. The summed E-state index contributed by atoms with van der Waals surface area (Å²) in [5.74, 6) is 0.539. The maximum Gasteiger partial charge on any atom is 0.274 e. The molecule has 0 N–H and O–H groups in total. The largest absolute Gasteiger partial charge is 0.489 e. The molecule has 106 valence electrons. The molecule has 4 nitrogen and oxygen atoms in total. The van der Waals surface area contributed by atoms with Crippen LogP contribution < -0.4 is 9.04 Å². The van der Waals surface area contributed by atoms with Crippen LogP contribution in [0.15, 0.2) is 34.5 Å². The second-order valence-corrected chi connectivity index (χ2v) is 8.22. The number of aryl methyl sites for hydroxylation is 1. The van der Waals surface area contributed by atoms with E-state index in [2.05, 4.69) is 0 Å². The van der Waals surface area contributed by atoms with Gasteiger partial charge in [0.2, 0.25) is 0 Å². The number of thiophene rings is 1. The lowest BCUT2D eigenvalue weighted by Crippen LogP contribution is -2.37. The maximum absolute atomic E-state index is 12.7. The molecule has 0 saturated heterocycles. The van der Waals surface area contributed by atoms with Crippen molar-refractivity contribution in [2.45, 2.75) is 11.1 Å². The van der Waals surface area contributed by atoms with Crippen LogP contribution in [0.3, 0.4) is 0 Å². The zero-order valence-corrected chi connectivity index (χ0v) is 13.1. The van der Waals surface area contributed by atoms with Gasteiger partial charge in [-0.3, -0.25) is 4.31 Å². The molecule has 0 bridgehead atoms. The topological polar surface area (TPSA) is 46.6 Å². The van der Waals surface area contributed by atoms with E-state index in [9.17, 15) is 8.42 Å². The zero-order chi connectivity index (χ0) is 14.3. The standard InChI is InChI=1S/C13H12ClNO3S2/c1-9-2-5-13(19-9)20(16,17)15-6-7-18-12-4-3-10(14)8-11(12)15/h2-5,8H,6-7H2,1H3. The number of halogens is 1. The van der Waals surface area contributed by atoms with Gasteiger partial charge in [-0.25, -0.2) is 8.42 Å². The molecule has 0 spiro atoms. The molecule has 2 aromatic rings. The predicted octanol–water partition coefficient (Wildman–Crippen LogP) is 3.30. The Bertz CT molecular complexity index is 755. The van der Waals surface area contributed by atoms with E-state index in [-0.39, 0.29) is 6.54 Å². The number of rotatable bonds is 2. The van der Waals surface area contributed by atoms with E-state index in [4.69, 9.17) is 16.3 Å². The smallest absolute Gasteiger partial charge is 0.274 e. The van der Waals surface area contributed by atoms with Gasteiger partial charge in [0, 0.05) is 9.90 Å². The van der Waals surface area contributed by atoms with Crippen LogP contribution in [0.1, 0.15) is 4.88 Å². The summed E-state index contributed by atoms with van der Waals surface area (Å²) in [6.45, 7) is 2.50. The van der Waals surface area contributed by atoms with Gasteiger partial charge < -0.3 is 4.74 Å². The molecule has 1 aliphatic heterocycles. The van der Waals surface area contributed by atoms with Crippen molar-refractivity contribution >= 4 is 38.6 Å². The minimum absolute atomic E-state index is 0.284. The molecule has 7 heteroatoms. The first kappa shape index (κ1) is 13.7. The van der Waals surface area contributed by atoms with Crippen molar-refractivity contribution in [3.05, 3.63) is 40.2 Å². The SMILES string of the molecule is Cc1ccc(S(=O)(=O)N2CCOc3ccc(Cl)cc32)s1. The van der Waals surface area contributed by atoms with Crippen LogP contribution in [-0.4, -0.2) is 21.6 Å². The Hall–Kier alpha value is -1.24. The molecular formula is C13H12ClNO3S2. The van der Waals surface area contributed by atoms with Gasteiger partial charge in [0.25, 0.3) is 10.0 Å². The van der Waals surface area contributed by atoms with Crippen molar-refractivity contribution in [3.63, 3.8) is 0 Å². The minimum Gasteiger partial charge on any atom is -0.489 e. The quantitative estimate of drug-likeness (QED) is 0.849. The summed E-state index contributed by atoms with van der Waals surface area (Å²) >= 11 is 7.23. The number of anilines is 1. The van der Waals surface area contributed by atoms with Crippen molar-refractivity contribution in [2.75, 3.05) is 17.5 Å². The Morgan fingerprint density at radius 1 is 1.30 bits per heavy atom. The van der Waals surface area contributed by atoms with Gasteiger partial charge in [0.1, 0.15) is 16.6 Å². The fourth-order valence-corrected chi connectivity index (χ4v) is 5.09. The zero-order valence-electron chi connectivity index (χ0n) is 10.7. The van der Waals surface area contributed by atoms with Crippen LogP contribution in [0.25, 0.3) is 0 Å². The highest BCUT2D eigenvalue weighted by molar-refractivity contribution is 7.94. The molecular weight excluding hydrogens is 318 g/mol. The van der Waals surface area contributed by atoms with Crippen molar-refractivity contribution in [2.24, 2.45) is 0 Å². The summed E-state index contributed by atoms with van der Waals surface area (Å²) in [5, 5.41) is 0.483. The van der Waals surface area contributed by atoms with Crippen LogP contribution in [-0.2, 0) is 10.0 Å². The van der Waals surface area contributed by atoms with Gasteiger partial charge >= 0.3 is 0 Å². The molecule has 0 amide bonds. The molecule has 20 heavy (non-hydrogen) atoms. The Labute approximate surface area is 126 Å². The molecule has 0 radical (unpaired) electrons. The van der Waals surface area contributed by atoms with E-state index < -0.39 is 10.0 Å². The molecule has 2 heterocycles. The summed E-state index contributed by atoms with van der Waals surface area (Å²) in [6, 6.07) is 8.44. The number of nitrogens with zero attached hydrogens (tertiary/aromatic N) is 1. The van der Waals surface area contributed by atoms with Gasteiger partial charge in [-0.2, -0.15) is 0 Å². The molecule has 0 saturated carbocycles. The van der Waals surface area contributed by atoms with Gasteiger partial charge in [-0.1, -0.05) is 11.6 Å². The molecule has 0 fully saturated rings. The maximum atomic E-state index is 12.7. The first-order chi connectivity index (χ1) is 9.48. The van der Waals surface area contributed by atoms with E-state index in [1.165, 1.54) is 15.6 Å². The summed E-state index contributed by atoms with van der Waals surface area (Å²) in [6.07, 6.45) is 0. The van der Waals surface area contributed by atoms with Crippen molar-refractivity contribution in [1.29, 1.82) is 0 Å². The lowest BCUT2D eigenvalue weighted by Gasteiger charge is -2.30. The Kier molecular flexibility index (Phi) is 3.40. The Balaban J connectivity index is 2.10. The van der Waals surface area contributed by atoms with Gasteiger partial charge in [-0.05, 0) is 37.3 Å². The van der Waals surface area contributed by atoms with E-state index in [0.29, 0.717) is 27.3 Å². The predicted molar refractivity (Wildman–Crippen MR) is 80.5 cm³/mol. The van der Waals surface area contributed by atoms with Crippen LogP contribution in [0, 0.1) is 6.92 Å². The van der Waals surface area contributed by atoms with Gasteiger partial charge in [0.05, 0.1) is 12.2 Å². The molecule has 0 atom stereocenters. The summed E-state index contributed by atoms with van der Waals surface area (Å²) in [7, 11) is -3.56. The van der Waals surface area contributed by atoms with Crippen molar-refractivity contribution in [3.8, 4) is 5.75 Å². The molecule has 1 aromatic heterocycles. The minimum atomic E-state index is -3.56. The summed E-state index contributed by atoms with van der Waals surface area (Å²) < 4.78 is 32.6. The number of ether oxygens (including phenoxy) is 1. The molecule has 0 unspecified atom stereocenters. The number of hydrogen-bond acceptors (Lipinski definition) is 4. The second-order valence-electron chi connectivity index (χ2n) is 4.40. The van der Waals surface area contributed by atoms with Crippen LogP contribution in [0.5, 0.6) is 5.75 Å². The lowest BCUT2D eigenvalue weighted by molar-refractivity contribution is 0.316. The fraction of sp³-hybridized carbons (Fsp3) is 0.231. The summed E-state index contributed by atoms with van der Waals surface area (Å²) in [4.78, 5) is 0.961. The lowest BCUT2D eigenvalue weighted by atomic mass is 10.2. The van der Waals surface area contributed by atoms with Gasteiger partial charge in [0.15, 0.2) is 0 Å². The van der Waals surface area contributed by atoms with Crippen molar-refractivity contribution in [1.82, 2.24) is 0 Å². The normalized spacial score (nSPS) is 14.8. The van der Waals surface area contributed by atoms with Crippen molar-refractivity contribution < 1.29 is 13.2 Å². The fourth-order valence-electron chi connectivity index (χ4n) is 2.08. The second kappa shape index (κ2) is 4.95. The number of benzene rings is 1. The van der Waals surface area contributed by atoms with Crippen LogP contribution >= 0.6 is 22.9 Å². The van der Waals surface area contributed by atoms with E-state index in [1.54, 1.807) is 30.3 Å². The van der Waals surface area contributed by atoms with E-state index in [1.807, 2.05) is 6.92 Å². The van der Waals surface area contributed by atoms with E-state index >= 15 is 0 Å². The molecule has 0 aliphatic carbocycles. The third kappa shape index (κ3) is 2.28. The molecule has 1 aromatic carbocycles. The first-order valence-electron chi connectivity index (χ1n) is 6.00. The third-order valence-corrected chi connectivity index (χ3v) is 6.52. The van der Waals surface area contributed by atoms with Crippen LogP contribution in [0.4, 0.5) is 5.69 Å². The monoisotopic (exact) mass is 329 g/mol. The average Bonchev–Trinajstić information content (AvgIpc) is 2.85. The Morgan fingerprint density at radius 3 is 2.80 bits per heavy atom. The highest BCUT2D eigenvalue weighted by Gasteiger charge is 2.31. The number of hydrogen-bond donors (Lipinski definition) is 0. The summed E-state index contributed by atoms with van der Waals surface area (Å²) in [5.41, 5.74) is 0.495. The highest BCUT2D eigenvalue weighted by atomic mass is 35.5. The average molecular weight is 330 g/mol. The molecule has 1 aliphatic rings. The Morgan fingerprint density at radius 2 is 2.10 bits per heavy atom. The van der Waals surface area contributed by atoms with Crippen LogP contribution in [0.2, 0.25) is 5.02 Å². The highest BCUT2D eigenvalue weighted by Crippen LogP contribution is 2.38. The first-order valence-corrected chi connectivity index (χ1v) is 8.63.